The minimum Gasteiger partial charge on any atom is -0.359 e. The van der Waals surface area contributed by atoms with Crippen LogP contribution in [-0.2, 0) is 0 Å². The van der Waals surface area contributed by atoms with Crippen molar-refractivity contribution < 1.29 is 0 Å². The summed E-state index contributed by atoms with van der Waals surface area (Å²) in [6.07, 6.45) is 2.84. The van der Waals surface area contributed by atoms with Crippen LogP contribution in [-0.4, -0.2) is 48.9 Å². The zero-order valence-corrected chi connectivity index (χ0v) is 8.82. The zero-order valence-electron chi connectivity index (χ0n) is 8.82. The van der Waals surface area contributed by atoms with Gasteiger partial charge < -0.3 is 9.80 Å². The maximum atomic E-state index is 4.19. The molecule has 0 aromatic heterocycles. The molecule has 0 aliphatic carbocycles. The van der Waals surface area contributed by atoms with Gasteiger partial charge in [-0.2, -0.15) is 0 Å². The molecular weight excluding hydrogens is 162 g/mol. The third-order valence-corrected chi connectivity index (χ3v) is 2.63. The molecule has 74 valence electrons. The lowest BCUT2D eigenvalue weighted by atomic mass is 10.2. The molecular formula is C10H19N3. The van der Waals surface area contributed by atoms with E-state index in [-0.39, 0.29) is 0 Å². The van der Waals surface area contributed by atoms with E-state index in [2.05, 4.69) is 35.5 Å². The second-order valence-corrected chi connectivity index (χ2v) is 3.71. The summed E-state index contributed by atoms with van der Waals surface area (Å²) in [5.74, 6) is 1.08. The first-order valence-electron chi connectivity index (χ1n) is 4.72. The highest BCUT2D eigenvalue weighted by Gasteiger charge is 2.24. The summed E-state index contributed by atoms with van der Waals surface area (Å²) in [5.41, 5.74) is 0. The average Bonchev–Trinajstić information content (AvgIpc) is 2.52. The van der Waals surface area contributed by atoms with Crippen LogP contribution >= 0.6 is 0 Å². The Labute approximate surface area is 80.7 Å². The quantitative estimate of drug-likeness (QED) is 0.470. The van der Waals surface area contributed by atoms with Crippen molar-refractivity contribution in [3.8, 4) is 0 Å². The Morgan fingerprint density at radius 3 is 2.77 bits per heavy atom. The third kappa shape index (κ3) is 2.56. The van der Waals surface area contributed by atoms with Gasteiger partial charge in [0.1, 0.15) is 5.84 Å². The SMILES string of the molecule is C=C/N=C(\C)N1CC[C@@H](N(C)C)C1. The highest BCUT2D eigenvalue weighted by molar-refractivity contribution is 5.80. The lowest BCUT2D eigenvalue weighted by Crippen LogP contribution is -2.33. The first kappa shape index (κ1) is 10.3. The molecule has 0 saturated carbocycles. The topological polar surface area (TPSA) is 18.8 Å². The van der Waals surface area contributed by atoms with Gasteiger partial charge >= 0.3 is 0 Å². The molecule has 0 aromatic rings. The van der Waals surface area contributed by atoms with E-state index in [1.807, 2.05) is 6.92 Å². The number of likely N-dealkylation sites (tertiary alicyclic amines) is 1. The van der Waals surface area contributed by atoms with E-state index in [9.17, 15) is 0 Å². The Kier molecular flexibility index (Phi) is 3.48. The fourth-order valence-electron chi connectivity index (χ4n) is 1.67. The first-order valence-corrected chi connectivity index (χ1v) is 4.72. The fourth-order valence-corrected chi connectivity index (χ4v) is 1.67. The van der Waals surface area contributed by atoms with E-state index in [0.29, 0.717) is 6.04 Å². The monoisotopic (exact) mass is 181 g/mol. The smallest absolute Gasteiger partial charge is 0.101 e. The van der Waals surface area contributed by atoms with Gasteiger partial charge in [0.15, 0.2) is 0 Å². The van der Waals surface area contributed by atoms with Gasteiger partial charge in [-0.15, -0.1) is 0 Å². The zero-order chi connectivity index (χ0) is 9.84. The molecule has 13 heavy (non-hydrogen) atoms. The third-order valence-electron chi connectivity index (χ3n) is 2.63. The van der Waals surface area contributed by atoms with Crippen molar-refractivity contribution in [2.75, 3.05) is 27.2 Å². The summed E-state index contributed by atoms with van der Waals surface area (Å²) < 4.78 is 0. The van der Waals surface area contributed by atoms with Crippen LogP contribution in [0.3, 0.4) is 0 Å². The summed E-state index contributed by atoms with van der Waals surface area (Å²) >= 11 is 0. The van der Waals surface area contributed by atoms with E-state index < -0.39 is 0 Å². The maximum Gasteiger partial charge on any atom is 0.101 e. The Hall–Kier alpha value is -0.830. The summed E-state index contributed by atoms with van der Waals surface area (Å²) in [4.78, 5) is 8.78. The predicted octanol–water partition coefficient (Wildman–Crippen LogP) is 1.18. The molecule has 1 aliphatic rings. The summed E-state index contributed by atoms with van der Waals surface area (Å²) in [6, 6.07) is 0.676. The van der Waals surface area contributed by atoms with Crippen molar-refractivity contribution in [3.63, 3.8) is 0 Å². The first-order chi connectivity index (χ1) is 6.15. The Balaban J connectivity index is 2.49. The number of aliphatic imine (C=N–C) groups is 1. The van der Waals surface area contributed by atoms with E-state index in [4.69, 9.17) is 0 Å². The predicted molar refractivity (Wildman–Crippen MR) is 57.0 cm³/mol. The normalized spacial score (nSPS) is 24.2. The molecule has 1 atom stereocenters. The lowest BCUT2D eigenvalue weighted by molar-refractivity contribution is 0.301. The van der Waals surface area contributed by atoms with Gasteiger partial charge in [0, 0.05) is 25.3 Å². The second kappa shape index (κ2) is 4.42. The Morgan fingerprint density at radius 1 is 1.62 bits per heavy atom. The standard InChI is InChI=1S/C10H19N3/c1-5-11-9(2)13-7-6-10(8-13)12(3)4/h5,10H,1,6-8H2,2-4H3/b11-9+/t10-/m1/s1. The van der Waals surface area contributed by atoms with Crippen molar-refractivity contribution >= 4 is 5.84 Å². The minimum absolute atomic E-state index is 0.676. The number of likely N-dealkylation sites (N-methyl/N-ethyl adjacent to an activating group) is 1. The molecule has 0 spiro atoms. The van der Waals surface area contributed by atoms with Gasteiger partial charge in [0.2, 0.25) is 0 Å². The highest BCUT2D eigenvalue weighted by Crippen LogP contribution is 2.13. The van der Waals surface area contributed by atoms with E-state index in [0.717, 1.165) is 18.9 Å². The fraction of sp³-hybridized carbons (Fsp3) is 0.700. The number of hydrogen-bond donors (Lipinski definition) is 0. The van der Waals surface area contributed by atoms with Gasteiger partial charge in [-0.1, -0.05) is 6.58 Å². The van der Waals surface area contributed by atoms with Crippen molar-refractivity contribution in [2.45, 2.75) is 19.4 Å². The molecule has 1 rings (SSSR count). The maximum absolute atomic E-state index is 4.19. The van der Waals surface area contributed by atoms with Crippen LogP contribution in [0.1, 0.15) is 13.3 Å². The summed E-state index contributed by atoms with van der Waals surface area (Å²) in [7, 11) is 4.27. The van der Waals surface area contributed by atoms with Crippen molar-refractivity contribution in [1.29, 1.82) is 0 Å². The van der Waals surface area contributed by atoms with Gasteiger partial charge in [-0.05, 0) is 27.4 Å². The molecule has 0 amide bonds. The van der Waals surface area contributed by atoms with Crippen LogP contribution in [0.25, 0.3) is 0 Å². The molecule has 0 bridgehead atoms. The molecule has 3 heteroatoms. The van der Waals surface area contributed by atoms with Crippen LogP contribution in [0.2, 0.25) is 0 Å². The number of nitrogens with zero attached hydrogens (tertiary/aromatic N) is 3. The Morgan fingerprint density at radius 2 is 2.31 bits per heavy atom. The molecule has 1 heterocycles. The number of hydrogen-bond acceptors (Lipinski definition) is 2. The van der Waals surface area contributed by atoms with Gasteiger partial charge in [-0.3, -0.25) is 0 Å². The van der Waals surface area contributed by atoms with Crippen molar-refractivity contribution in [2.24, 2.45) is 4.99 Å². The van der Waals surface area contributed by atoms with Crippen LogP contribution in [0, 0.1) is 0 Å². The van der Waals surface area contributed by atoms with Crippen LogP contribution < -0.4 is 0 Å². The largest absolute Gasteiger partial charge is 0.359 e. The molecule has 1 fully saturated rings. The molecule has 1 saturated heterocycles. The van der Waals surface area contributed by atoms with Crippen molar-refractivity contribution in [3.05, 3.63) is 12.8 Å². The molecule has 3 nitrogen and oxygen atoms in total. The van der Waals surface area contributed by atoms with Gasteiger partial charge in [0.25, 0.3) is 0 Å². The average molecular weight is 181 g/mol. The van der Waals surface area contributed by atoms with Crippen molar-refractivity contribution in [1.82, 2.24) is 9.80 Å². The van der Waals surface area contributed by atoms with Crippen LogP contribution in [0.15, 0.2) is 17.8 Å². The summed E-state index contributed by atoms with van der Waals surface area (Å²) in [5, 5.41) is 0. The number of rotatable bonds is 2. The van der Waals surface area contributed by atoms with E-state index in [1.54, 1.807) is 6.20 Å². The van der Waals surface area contributed by atoms with E-state index in [1.165, 1.54) is 6.42 Å². The van der Waals surface area contributed by atoms with Crippen LogP contribution in [0.4, 0.5) is 0 Å². The highest BCUT2D eigenvalue weighted by atomic mass is 15.3. The van der Waals surface area contributed by atoms with E-state index >= 15 is 0 Å². The van der Waals surface area contributed by atoms with Gasteiger partial charge in [-0.25, -0.2) is 4.99 Å². The summed E-state index contributed by atoms with van der Waals surface area (Å²) in [6.45, 7) is 7.85. The molecule has 0 radical (unpaired) electrons. The second-order valence-electron chi connectivity index (χ2n) is 3.71. The molecule has 1 aliphatic heterocycles. The minimum atomic E-state index is 0.676. The molecule has 0 N–H and O–H groups in total. The lowest BCUT2D eigenvalue weighted by Gasteiger charge is -2.21. The van der Waals surface area contributed by atoms with Gasteiger partial charge in [0.05, 0.1) is 0 Å². The Bertz CT molecular complexity index is 208. The molecule has 0 unspecified atom stereocenters. The molecule has 0 aromatic carbocycles. The van der Waals surface area contributed by atoms with Crippen LogP contribution in [0.5, 0.6) is 0 Å². The number of amidine groups is 1.